The Morgan fingerprint density at radius 2 is 2.18 bits per heavy atom. The molecule has 0 aromatic carbocycles. The Kier molecular flexibility index (Phi) is 4.06. The highest BCUT2D eigenvalue weighted by atomic mass is 16.5. The van der Waals surface area contributed by atoms with Gasteiger partial charge in [0.25, 0.3) is 0 Å². The maximum Gasteiger partial charge on any atom is 0.309 e. The van der Waals surface area contributed by atoms with Crippen LogP contribution in [0.25, 0.3) is 0 Å². The quantitative estimate of drug-likeness (QED) is 0.826. The third-order valence-electron chi connectivity index (χ3n) is 2.73. The minimum Gasteiger partial charge on any atom is -0.481 e. The first kappa shape index (κ1) is 12.0. The Bertz CT molecular complexity index is 372. The normalized spacial score (nSPS) is 16.9. The zero-order valence-electron chi connectivity index (χ0n) is 9.63. The smallest absolute Gasteiger partial charge is 0.309 e. The van der Waals surface area contributed by atoms with Gasteiger partial charge in [0.2, 0.25) is 0 Å². The van der Waals surface area contributed by atoms with Crippen LogP contribution in [0, 0.1) is 0 Å². The Labute approximate surface area is 100 Å². The molecule has 0 atom stereocenters. The number of hydrogen-bond acceptors (Lipinski definition) is 4. The highest BCUT2D eigenvalue weighted by Gasteiger charge is 2.10. The number of aromatic nitrogens is 1. The van der Waals surface area contributed by atoms with Gasteiger partial charge in [-0.2, -0.15) is 0 Å². The lowest BCUT2D eigenvalue weighted by molar-refractivity contribution is -0.136. The van der Waals surface area contributed by atoms with Crippen LogP contribution in [0.15, 0.2) is 18.3 Å². The summed E-state index contributed by atoms with van der Waals surface area (Å²) in [5, 5.41) is 8.64. The minimum absolute atomic E-state index is 0.0160. The Balaban J connectivity index is 1.90. The van der Waals surface area contributed by atoms with Gasteiger partial charge in [0.1, 0.15) is 0 Å². The molecule has 1 aliphatic rings. The monoisotopic (exact) mass is 236 g/mol. The number of carboxylic acid groups (broad SMARTS) is 1. The van der Waals surface area contributed by atoms with E-state index in [0.29, 0.717) is 5.69 Å². The second-order valence-corrected chi connectivity index (χ2v) is 4.12. The average molecular weight is 236 g/mol. The third-order valence-corrected chi connectivity index (χ3v) is 2.73. The summed E-state index contributed by atoms with van der Waals surface area (Å²) in [6, 6.07) is 3.73. The number of hydrogen-bond donors (Lipinski definition) is 1. The topological polar surface area (TPSA) is 62.7 Å². The maximum atomic E-state index is 10.5. The summed E-state index contributed by atoms with van der Waals surface area (Å²) in [4.78, 5) is 17.0. The van der Waals surface area contributed by atoms with Gasteiger partial charge >= 0.3 is 5.97 Å². The molecule has 0 aliphatic carbocycles. The molecule has 0 saturated carbocycles. The highest BCUT2D eigenvalue weighted by molar-refractivity contribution is 5.69. The van der Waals surface area contributed by atoms with Crippen molar-refractivity contribution in [2.75, 3.05) is 26.3 Å². The summed E-state index contributed by atoms with van der Waals surface area (Å²) >= 11 is 0. The number of ether oxygens (including phenoxy) is 1. The maximum absolute atomic E-state index is 10.5. The van der Waals surface area contributed by atoms with Gasteiger partial charge < -0.3 is 9.84 Å². The molecule has 0 bridgehead atoms. The Hall–Kier alpha value is -1.46. The first-order chi connectivity index (χ1) is 8.24. The number of nitrogens with zero attached hydrogens (tertiary/aromatic N) is 2. The second-order valence-electron chi connectivity index (χ2n) is 4.12. The van der Waals surface area contributed by atoms with Crippen LogP contribution in [0.5, 0.6) is 0 Å². The first-order valence-corrected chi connectivity index (χ1v) is 5.70. The average Bonchev–Trinajstić information content (AvgIpc) is 2.32. The summed E-state index contributed by atoms with van der Waals surface area (Å²) in [6.45, 7) is 4.30. The molecule has 0 spiro atoms. The lowest BCUT2D eigenvalue weighted by Crippen LogP contribution is -2.35. The lowest BCUT2D eigenvalue weighted by atomic mass is 10.2. The molecule has 1 N–H and O–H groups in total. The molecule has 2 rings (SSSR count). The van der Waals surface area contributed by atoms with Gasteiger partial charge in [-0.1, -0.05) is 6.07 Å². The molecule has 1 fully saturated rings. The van der Waals surface area contributed by atoms with E-state index in [0.717, 1.165) is 38.4 Å². The SMILES string of the molecule is O=C(O)Cc1ccc(CN2CCOCC2)cn1. The molecule has 5 heteroatoms. The van der Waals surface area contributed by atoms with Crippen molar-refractivity contribution in [1.29, 1.82) is 0 Å². The summed E-state index contributed by atoms with van der Waals surface area (Å²) in [5.41, 5.74) is 1.71. The van der Waals surface area contributed by atoms with E-state index in [4.69, 9.17) is 9.84 Å². The molecule has 1 aromatic heterocycles. The number of morpholine rings is 1. The zero-order chi connectivity index (χ0) is 12.1. The van der Waals surface area contributed by atoms with Crippen LogP contribution in [-0.4, -0.2) is 47.3 Å². The van der Waals surface area contributed by atoms with Gasteiger partial charge in [-0.05, 0) is 11.6 Å². The summed E-state index contributed by atoms with van der Waals surface area (Å²) in [7, 11) is 0. The van der Waals surface area contributed by atoms with Crippen LogP contribution in [0.2, 0.25) is 0 Å². The van der Waals surface area contributed by atoms with E-state index in [1.807, 2.05) is 6.07 Å². The second kappa shape index (κ2) is 5.75. The molecule has 5 nitrogen and oxygen atoms in total. The van der Waals surface area contributed by atoms with Crippen molar-refractivity contribution in [1.82, 2.24) is 9.88 Å². The summed E-state index contributed by atoms with van der Waals surface area (Å²) in [5.74, 6) is -0.849. The fraction of sp³-hybridized carbons (Fsp3) is 0.500. The third kappa shape index (κ3) is 3.80. The van der Waals surface area contributed by atoms with Crippen LogP contribution in [0.4, 0.5) is 0 Å². The van der Waals surface area contributed by atoms with Gasteiger partial charge in [0, 0.05) is 25.8 Å². The van der Waals surface area contributed by atoms with Crippen molar-refractivity contribution in [3.05, 3.63) is 29.6 Å². The van der Waals surface area contributed by atoms with E-state index < -0.39 is 5.97 Å². The van der Waals surface area contributed by atoms with Crippen LogP contribution in [-0.2, 0) is 22.5 Å². The molecule has 17 heavy (non-hydrogen) atoms. The molecule has 0 amide bonds. The van der Waals surface area contributed by atoms with Crippen molar-refractivity contribution < 1.29 is 14.6 Å². The predicted octanol–water partition coefficient (Wildman–Crippen LogP) is 0.541. The number of rotatable bonds is 4. The summed E-state index contributed by atoms with van der Waals surface area (Å²) in [6.07, 6.45) is 1.74. The van der Waals surface area contributed by atoms with E-state index in [-0.39, 0.29) is 6.42 Å². The predicted molar refractivity (Wildman–Crippen MR) is 61.7 cm³/mol. The molecular formula is C12H16N2O3. The van der Waals surface area contributed by atoms with Crippen LogP contribution >= 0.6 is 0 Å². The van der Waals surface area contributed by atoms with Gasteiger partial charge in [-0.3, -0.25) is 14.7 Å². The molecular weight excluding hydrogens is 220 g/mol. The van der Waals surface area contributed by atoms with Crippen molar-refractivity contribution in [3.63, 3.8) is 0 Å². The van der Waals surface area contributed by atoms with Gasteiger partial charge in [0.05, 0.1) is 25.3 Å². The minimum atomic E-state index is -0.849. The van der Waals surface area contributed by atoms with Crippen LogP contribution in [0.1, 0.15) is 11.3 Å². The number of carboxylic acids is 1. The number of carbonyl (C=O) groups is 1. The molecule has 92 valence electrons. The standard InChI is InChI=1S/C12H16N2O3/c15-12(16)7-11-2-1-10(8-13-11)9-14-3-5-17-6-4-14/h1-2,8H,3-7,9H2,(H,15,16). The van der Waals surface area contributed by atoms with E-state index in [2.05, 4.69) is 9.88 Å². The van der Waals surface area contributed by atoms with E-state index in [1.165, 1.54) is 0 Å². The van der Waals surface area contributed by atoms with Crippen LogP contribution in [0.3, 0.4) is 0 Å². The first-order valence-electron chi connectivity index (χ1n) is 5.70. The van der Waals surface area contributed by atoms with Crippen molar-refractivity contribution >= 4 is 5.97 Å². The molecule has 2 heterocycles. The molecule has 1 saturated heterocycles. The van der Waals surface area contributed by atoms with Gasteiger partial charge in [0.15, 0.2) is 0 Å². The zero-order valence-corrected chi connectivity index (χ0v) is 9.63. The van der Waals surface area contributed by atoms with E-state index in [9.17, 15) is 4.79 Å². The molecule has 1 aromatic rings. The Morgan fingerprint density at radius 3 is 2.76 bits per heavy atom. The van der Waals surface area contributed by atoms with E-state index in [1.54, 1.807) is 12.3 Å². The van der Waals surface area contributed by atoms with E-state index >= 15 is 0 Å². The summed E-state index contributed by atoms with van der Waals surface area (Å²) < 4.78 is 5.28. The Morgan fingerprint density at radius 1 is 1.41 bits per heavy atom. The molecule has 1 aliphatic heterocycles. The molecule has 0 radical (unpaired) electrons. The van der Waals surface area contributed by atoms with Crippen LogP contribution < -0.4 is 0 Å². The fourth-order valence-corrected chi connectivity index (χ4v) is 1.83. The van der Waals surface area contributed by atoms with Gasteiger partial charge in [-0.15, -0.1) is 0 Å². The number of aliphatic carboxylic acids is 1. The lowest BCUT2D eigenvalue weighted by Gasteiger charge is -2.26. The van der Waals surface area contributed by atoms with Crippen molar-refractivity contribution in [2.24, 2.45) is 0 Å². The fourth-order valence-electron chi connectivity index (χ4n) is 1.83. The highest BCUT2D eigenvalue weighted by Crippen LogP contribution is 2.07. The van der Waals surface area contributed by atoms with Crippen molar-refractivity contribution in [2.45, 2.75) is 13.0 Å². The largest absolute Gasteiger partial charge is 0.481 e. The molecule has 0 unspecified atom stereocenters. The number of pyridine rings is 1. The van der Waals surface area contributed by atoms with Crippen molar-refractivity contribution in [3.8, 4) is 0 Å². The van der Waals surface area contributed by atoms with Gasteiger partial charge in [-0.25, -0.2) is 0 Å².